The van der Waals surface area contributed by atoms with E-state index in [2.05, 4.69) is 0 Å². The lowest BCUT2D eigenvalue weighted by atomic mass is 9.93. The van der Waals surface area contributed by atoms with Crippen LogP contribution in [0.15, 0.2) is 0 Å². The van der Waals surface area contributed by atoms with E-state index < -0.39 is 36.5 Å². The molecule has 0 atom stereocenters. The molecule has 0 spiro atoms. The highest BCUT2D eigenvalue weighted by molar-refractivity contribution is 8.05. The van der Waals surface area contributed by atoms with E-state index in [-0.39, 0.29) is 19.3 Å². The van der Waals surface area contributed by atoms with Crippen molar-refractivity contribution in [3.8, 4) is 0 Å². The largest absolute Gasteiger partial charge is 0.380 e. The zero-order chi connectivity index (χ0) is 16.5. The Morgan fingerprint density at radius 3 is 0.905 bits per heavy atom. The van der Waals surface area contributed by atoms with Gasteiger partial charge in [-0.05, 0) is 67.4 Å². The summed E-state index contributed by atoms with van der Waals surface area (Å²) in [6.07, 6.45) is -13.6. The molecule has 1 aliphatic carbocycles. The van der Waals surface area contributed by atoms with Crippen molar-refractivity contribution < 1.29 is 27.3 Å². The molecule has 0 amide bonds. The average Bonchev–Trinajstić information content (AvgIpc) is 2.06. The van der Waals surface area contributed by atoms with Crippen molar-refractivity contribution in [2.75, 3.05) is 0 Å². The minimum Gasteiger partial charge on any atom is -0.303 e. The first-order valence-electron chi connectivity index (χ1n) is 5.27. The predicted molar refractivity (Wildman–Crippen MR) is 86.4 cm³/mol. The Balaban J connectivity index is 2.80. The lowest BCUT2D eigenvalue weighted by Crippen LogP contribution is -2.35. The third kappa shape index (κ3) is 10.7. The summed E-state index contributed by atoms with van der Waals surface area (Å²) in [7, 11) is 0. The molecule has 1 saturated carbocycles. The summed E-state index contributed by atoms with van der Waals surface area (Å²) in [5.74, 6) is 0. The SMILES string of the molecule is O=P(Cl)(Cl)OC1CC(OP(=O)(Cl)Cl)CC(OP(=O)(Cl)Cl)C1. The van der Waals surface area contributed by atoms with Crippen LogP contribution in [-0.4, -0.2) is 18.3 Å². The molecule has 1 fully saturated rings. The van der Waals surface area contributed by atoms with E-state index in [1.54, 1.807) is 0 Å². The Kier molecular flexibility index (Phi) is 8.26. The predicted octanol–water partition coefficient (Wildman–Crippen LogP) is 7.08. The normalized spacial score (nSPS) is 28.6. The molecule has 1 rings (SSSR count). The summed E-state index contributed by atoms with van der Waals surface area (Å²) in [6.45, 7) is 0. The first kappa shape index (κ1) is 21.4. The number of hydrogen-bond acceptors (Lipinski definition) is 6. The van der Waals surface area contributed by atoms with Gasteiger partial charge >= 0.3 is 18.2 Å². The molecule has 0 bridgehead atoms. The van der Waals surface area contributed by atoms with Gasteiger partial charge in [-0.2, -0.15) is 0 Å². The summed E-state index contributed by atoms with van der Waals surface area (Å²) in [5, 5.41) is 0. The van der Waals surface area contributed by atoms with Crippen LogP contribution in [0.2, 0.25) is 0 Å². The van der Waals surface area contributed by atoms with Crippen molar-refractivity contribution in [1.29, 1.82) is 0 Å². The maximum atomic E-state index is 11.3. The minimum absolute atomic E-state index is 0.0988. The lowest BCUT2D eigenvalue weighted by molar-refractivity contribution is 0.0153. The zero-order valence-corrected chi connectivity index (χ0v) is 17.1. The summed E-state index contributed by atoms with van der Waals surface area (Å²) in [4.78, 5) is 0. The topological polar surface area (TPSA) is 78.9 Å². The van der Waals surface area contributed by atoms with Gasteiger partial charge in [0.2, 0.25) is 0 Å². The van der Waals surface area contributed by atoms with E-state index in [0.717, 1.165) is 0 Å². The summed E-state index contributed by atoms with van der Waals surface area (Å²) in [5.41, 5.74) is 0. The smallest absolute Gasteiger partial charge is 0.303 e. The second-order valence-electron chi connectivity index (χ2n) is 4.13. The first-order valence-corrected chi connectivity index (χ1v) is 15.6. The van der Waals surface area contributed by atoms with Crippen LogP contribution in [0.25, 0.3) is 0 Å². The van der Waals surface area contributed by atoms with Gasteiger partial charge in [0, 0.05) is 19.3 Å². The Hall–Kier alpha value is 2.31. The van der Waals surface area contributed by atoms with E-state index >= 15 is 0 Å². The number of hydrogen-bond donors (Lipinski definition) is 0. The molecule has 0 aliphatic heterocycles. The lowest BCUT2D eigenvalue weighted by Gasteiger charge is -2.34. The Labute approximate surface area is 150 Å². The molecule has 0 saturated heterocycles. The van der Waals surface area contributed by atoms with Gasteiger partial charge in [0.05, 0.1) is 18.3 Å². The van der Waals surface area contributed by atoms with Crippen molar-refractivity contribution >= 4 is 85.7 Å². The second-order valence-corrected chi connectivity index (χ2v) is 16.8. The monoisotopic (exact) mass is 480 g/mol. The highest BCUT2D eigenvalue weighted by atomic mass is 35.9. The molecule has 0 heterocycles. The maximum Gasteiger partial charge on any atom is 0.380 e. The standard InChI is InChI=1S/C6H9Cl6O6P3/c7-19(8,13)16-4-1-5(17-20(9,10)14)3-6(2-4)18-21(11,12)15/h4-6H,1-3H2. The van der Waals surface area contributed by atoms with Crippen LogP contribution < -0.4 is 0 Å². The van der Waals surface area contributed by atoms with Crippen LogP contribution in [-0.2, 0) is 27.3 Å². The highest BCUT2D eigenvalue weighted by Gasteiger charge is 2.38. The molecule has 6 nitrogen and oxygen atoms in total. The summed E-state index contributed by atoms with van der Waals surface area (Å²) < 4.78 is 48.7. The van der Waals surface area contributed by atoms with Gasteiger partial charge in [-0.1, -0.05) is 0 Å². The van der Waals surface area contributed by atoms with E-state index in [1.807, 2.05) is 0 Å². The zero-order valence-electron chi connectivity index (χ0n) is 9.91. The molecule has 1 aliphatic rings. The second kappa shape index (κ2) is 8.13. The Morgan fingerprint density at radius 2 is 0.762 bits per heavy atom. The molecule has 15 heteroatoms. The molecule has 0 N–H and O–H groups in total. The maximum absolute atomic E-state index is 11.3. The summed E-state index contributed by atoms with van der Waals surface area (Å²) in [6, 6.07) is 0. The van der Waals surface area contributed by atoms with E-state index in [4.69, 9.17) is 81.0 Å². The van der Waals surface area contributed by atoms with Gasteiger partial charge in [-0.15, -0.1) is 0 Å². The Morgan fingerprint density at radius 1 is 0.571 bits per heavy atom. The minimum atomic E-state index is -3.83. The van der Waals surface area contributed by atoms with Crippen LogP contribution in [0.1, 0.15) is 19.3 Å². The third-order valence-electron chi connectivity index (χ3n) is 2.39. The van der Waals surface area contributed by atoms with Crippen molar-refractivity contribution in [1.82, 2.24) is 0 Å². The van der Waals surface area contributed by atoms with E-state index in [9.17, 15) is 13.7 Å². The fourth-order valence-corrected chi connectivity index (χ4v) is 5.53. The molecule has 21 heavy (non-hydrogen) atoms. The van der Waals surface area contributed by atoms with E-state index in [1.165, 1.54) is 0 Å². The molecule has 0 aromatic heterocycles. The van der Waals surface area contributed by atoms with Gasteiger partial charge in [0.15, 0.2) is 0 Å². The molecule has 0 aromatic rings. The fraction of sp³-hybridized carbons (Fsp3) is 1.00. The van der Waals surface area contributed by atoms with Crippen LogP contribution >= 0.6 is 85.7 Å². The third-order valence-corrected chi connectivity index (χ3v) is 5.46. The highest BCUT2D eigenvalue weighted by Crippen LogP contribution is 2.63. The van der Waals surface area contributed by atoms with Gasteiger partial charge in [-0.25, -0.2) is 0 Å². The quantitative estimate of drug-likeness (QED) is 0.376. The van der Waals surface area contributed by atoms with Crippen molar-refractivity contribution in [3.05, 3.63) is 0 Å². The van der Waals surface area contributed by atoms with Crippen LogP contribution in [0, 0.1) is 0 Å². The van der Waals surface area contributed by atoms with E-state index in [0.29, 0.717) is 0 Å². The molecule has 126 valence electrons. The first-order chi connectivity index (χ1) is 9.23. The van der Waals surface area contributed by atoms with Crippen LogP contribution in [0.4, 0.5) is 0 Å². The molecule has 0 unspecified atom stereocenters. The Bertz CT molecular complexity index is 422. The van der Waals surface area contributed by atoms with Crippen LogP contribution in [0.3, 0.4) is 0 Å². The van der Waals surface area contributed by atoms with Gasteiger partial charge in [-0.3, -0.25) is 13.7 Å². The van der Waals surface area contributed by atoms with Gasteiger partial charge < -0.3 is 13.6 Å². The van der Waals surface area contributed by atoms with Gasteiger partial charge in [0.1, 0.15) is 0 Å². The molecule has 0 aromatic carbocycles. The summed E-state index contributed by atoms with van der Waals surface area (Å²) >= 11 is 32.0. The van der Waals surface area contributed by atoms with Crippen molar-refractivity contribution in [3.63, 3.8) is 0 Å². The van der Waals surface area contributed by atoms with Crippen molar-refractivity contribution in [2.24, 2.45) is 0 Å². The number of halogens is 6. The molecular weight excluding hydrogens is 474 g/mol. The average molecular weight is 483 g/mol. The van der Waals surface area contributed by atoms with Crippen molar-refractivity contribution in [2.45, 2.75) is 37.6 Å². The molecular formula is C6H9Cl6O6P3. The molecule has 0 radical (unpaired) electrons. The van der Waals surface area contributed by atoms with Gasteiger partial charge in [0.25, 0.3) is 0 Å². The number of rotatable bonds is 6. The fourth-order valence-electron chi connectivity index (χ4n) is 1.95. The van der Waals surface area contributed by atoms with Crippen LogP contribution in [0.5, 0.6) is 0 Å².